The lowest BCUT2D eigenvalue weighted by atomic mass is 10.1. The highest BCUT2D eigenvalue weighted by Gasteiger charge is 2.15. The quantitative estimate of drug-likeness (QED) is 0.345. The molecular formula is C17H8Cl4N2O2. The van der Waals surface area contributed by atoms with E-state index in [9.17, 15) is 10.1 Å². The van der Waals surface area contributed by atoms with E-state index in [0.29, 0.717) is 42.6 Å². The molecule has 0 bridgehead atoms. The summed E-state index contributed by atoms with van der Waals surface area (Å²) in [6, 6.07) is 12.4. The fourth-order valence-electron chi connectivity index (χ4n) is 2.32. The van der Waals surface area contributed by atoms with Crippen molar-refractivity contribution < 1.29 is 4.92 Å². The molecule has 0 spiro atoms. The maximum absolute atomic E-state index is 11.3. The Labute approximate surface area is 163 Å². The number of rotatable bonds is 3. The second-order valence-electron chi connectivity index (χ2n) is 5.17. The number of pyridine rings is 1. The smallest absolute Gasteiger partial charge is 0.258 e. The van der Waals surface area contributed by atoms with Gasteiger partial charge in [0.15, 0.2) is 0 Å². The number of halogens is 4. The van der Waals surface area contributed by atoms with Gasteiger partial charge in [-0.25, -0.2) is 4.98 Å². The minimum absolute atomic E-state index is 0.118. The highest BCUT2D eigenvalue weighted by molar-refractivity contribution is 6.35. The van der Waals surface area contributed by atoms with Crippen molar-refractivity contribution in [1.82, 2.24) is 4.98 Å². The van der Waals surface area contributed by atoms with Crippen molar-refractivity contribution in [2.75, 3.05) is 0 Å². The van der Waals surface area contributed by atoms with Crippen LogP contribution in [-0.4, -0.2) is 9.91 Å². The van der Waals surface area contributed by atoms with Gasteiger partial charge in [-0.2, -0.15) is 0 Å². The molecule has 0 fully saturated rings. The van der Waals surface area contributed by atoms with E-state index in [1.807, 2.05) is 0 Å². The normalized spacial score (nSPS) is 10.7. The molecule has 0 atom stereocenters. The lowest BCUT2D eigenvalue weighted by Gasteiger charge is -2.08. The number of hydrogen-bond acceptors (Lipinski definition) is 3. The molecular weight excluding hydrogens is 406 g/mol. The van der Waals surface area contributed by atoms with Crippen LogP contribution in [0.5, 0.6) is 0 Å². The fourth-order valence-corrected chi connectivity index (χ4v) is 3.37. The summed E-state index contributed by atoms with van der Waals surface area (Å²) >= 11 is 24.1. The van der Waals surface area contributed by atoms with Crippen molar-refractivity contribution in [3.63, 3.8) is 0 Å². The maximum Gasteiger partial charge on any atom is 0.273 e. The van der Waals surface area contributed by atoms with Gasteiger partial charge in [0.1, 0.15) is 0 Å². The van der Waals surface area contributed by atoms with E-state index in [2.05, 4.69) is 4.98 Å². The average molecular weight is 414 g/mol. The predicted molar refractivity (Wildman–Crippen MR) is 102 cm³/mol. The SMILES string of the molecule is O=[N+]([O-])c1cc(-c2cc(Cl)cc(Cl)c2)nc(-c2cc(Cl)cc(Cl)c2)c1. The molecule has 0 aliphatic carbocycles. The molecule has 0 amide bonds. The van der Waals surface area contributed by atoms with E-state index >= 15 is 0 Å². The van der Waals surface area contributed by atoms with Gasteiger partial charge in [0, 0.05) is 43.4 Å². The molecule has 0 N–H and O–H groups in total. The summed E-state index contributed by atoms with van der Waals surface area (Å²) in [5.74, 6) is 0. The van der Waals surface area contributed by atoms with E-state index < -0.39 is 4.92 Å². The number of aromatic nitrogens is 1. The zero-order valence-corrected chi connectivity index (χ0v) is 15.4. The largest absolute Gasteiger partial charge is 0.273 e. The first kappa shape index (κ1) is 18.0. The Kier molecular flexibility index (Phi) is 5.16. The number of nitro groups is 1. The average Bonchev–Trinajstić information content (AvgIpc) is 2.52. The zero-order chi connectivity index (χ0) is 18.1. The van der Waals surface area contributed by atoms with Gasteiger partial charge in [0.25, 0.3) is 5.69 Å². The van der Waals surface area contributed by atoms with Crippen LogP contribution in [0.25, 0.3) is 22.5 Å². The van der Waals surface area contributed by atoms with Crippen LogP contribution in [0.1, 0.15) is 0 Å². The second-order valence-corrected chi connectivity index (χ2v) is 6.91. The highest BCUT2D eigenvalue weighted by atomic mass is 35.5. The van der Waals surface area contributed by atoms with Gasteiger partial charge in [0.05, 0.1) is 16.3 Å². The van der Waals surface area contributed by atoms with Crippen molar-refractivity contribution in [1.29, 1.82) is 0 Å². The number of benzene rings is 2. The summed E-state index contributed by atoms with van der Waals surface area (Å²) in [7, 11) is 0. The van der Waals surface area contributed by atoms with Crippen molar-refractivity contribution >= 4 is 52.1 Å². The molecule has 0 aliphatic rings. The minimum Gasteiger partial charge on any atom is -0.258 e. The number of nitrogens with zero attached hydrogens (tertiary/aromatic N) is 2. The monoisotopic (exact) mass is 412 g/mol. The summed E-state index contributed by atoms with van der Waals surface area (Å²) in [5, 5.41) is 12.9. The molecule has 8 heteroatoms. The maximum atomic E-state index is 11.3. The summed E-state index contributed by atoms with van der Waals surface area (Å²) in [5.41, 5.74) is 1.74. The summed E-state index contributed by atoms with van der Waals surface area (Å²) in [4.78, 5) is 15.3. The van der Waals surface area contributed by atoms with Crippen LogP contribution >= 0.6 is 46.4 Å². The third-order valence-electron chi connectivity index (χ3n) is 3.34. The standard InChI is InChI=1S/C17H8Cl4N2O2/c18-11-1-9(2-12(19)5-11)16-7-15(23(24)25)8-17(22-16)10-3-13(20)6-14(21)4-10/h1-8H. The Balaban J connectivity index is 2.23. The highest BCUT2D eigenvalue weighted by Crippen LogP contribution is 2.33. The van der Waals surface area contributed by atoms with Crippen molar-refractivity contribution in [2.24, 2.45) is 0 Å². The Morgan fingerprint density at radius 1 is 0.680 bits per heavy atom. The topological polar surface area (TPSA) is 56.0 Å². The Bertz CT molecular complexity index is 882. The zero-order valence-electron chi connectivity index (χ0n) is 12.3. The van der Waals surface area contributed by atoms with Crippen LogP contribution in [0.15, 0.2) is 48.5 Å². The lowest BCUT2D eigenvalue weighted by molar-refractivity contribution is -0.384. The summed E-state index contributed by atoms with van der Waals surface area (Å²) < 4.78 is 0. The molecule has 4 nitrogen and oxygen atoms in total. The van der Waals surface area contributed by atoms with E-state index in [1.54, 1.807) is 36.4 Å². The molecule has 0 saturated heterocycles. The van der Waals surface area contributed by atoms with Crippen molar-refractivity contribution in [3.8, 4) is 22.5 Å². The van der Waals surface area contributed by atoms with Crippen LogP contribution in [0.3, 0.4) is 0 Å². The van der Waals surface area contributed by atoms with E-state index in [4.69, 9.17) is 46.4 Å². The summed E-state index contributed by atoms with van der Waals surface area (Å²) in [6.45, 7) is 0. The molecule has 126 valence electrons. The Morgan fingerprint density at radius 2 is 1.04 bits per heavy atom. The van der Waals surface area contributed by atoms with Crippen LogP contribution in [0, 0.1) is 10.1 Å². The van der Waals surface area contributed by atoms with Gasteiger partial charge < -0.3 is 0 Å². The minimum atomic E-state index is -0.493. The number of hydrogen-bond donors (Lipinski definition) is 0. The van der Waals surface area contributed by atoms with Crippen LogP contribution in [0.2, 0.25) is 20.1 Å². The van der Waals surface area contributed by atoms with Gasteiger partial charge in [-0.1, -0.05) is 46.4 Å². The molecule has 0 saturated carbocycles. The molecule has 0 unspecified atom stereocenters. The molecule has 3 rings (SSSR count). The molecule has 25 heavy (non-hydrogen) atoms. The van der Waals surface area contributed by atoms with E-state index in [0.717, 1.165) is 0 Å². The van der Waals surface area contributed by atoms with E-state index in [1.165, 1.54) is 12.1 Å². The fraction of sp³-hybridized carbons (Fsp3) is 0. The first-order valence-electron chi connectivity index (χ1n) is 6.91. The van der Waals surface area contributed by atoms with Crippen LogP contribution in [-0.2, 0) is 0 Å². The predicted octanol–water partition coefficient (Wildman–Crippen LogP) is 6.94. The molecule has 0 radical (unpaired) electrons. The van der Waals surface area contributed by atoms with Gasteiger partial charge in [-0.3, -0.25) is 10.1 Å². The molecule has 3 aromatic rings. The summed E-state index contributed by atoms with van der Waals surface area (Å²) in [6.07, 6.45) is 0. The Hall–Kier alpha value is -1.85. The van der Waals surface area contributed by atoms with Crippen LogP contribution < -0.4 is 0 Å². The molecule has 1 heterocycles. The van der Waals surface area contributed by atoms with E-state index in [-0.39, 0.29) is 5.69 Å². The third-order valence-corrected chi connectivity index (χ3v) is 4.21. The molecule has 2 aromatic carbocycles. The van der Waals surface area contributed by atoms with Gasteiger partial charge in [-0.05, 0) is 36.4 Å². The van der Waals surface area contributed by atoms with Gasteiger partial charge in [0.2, 0.25) is 0 Å². The molecule has 1 aromatic heterocycles. The van der Waals surface area contributed by atoms with Crippen molar-refractivity contribution in [2.45, 2.75) is 0 Å². The van der Waals surface area contributed by atoms with Crippen molar-refractivity contribution in [3.05, 3.63) is 78.7 Å². The third kappa shape index (κ3) is 4.22. The Morgan fingerprint density at radius 3 is 1.36 bits per heavy atom. The first-order chi connectivity index (χ1) is 11.8. The molecule has 0 aliphatic heterocycles. The second kappa shape index (κ2) is 7.18. The lowest BCUT2D eigenvalue weighted by Crippen LogP contribution is -1.94. The van der Waals surface area contributed by atoms with Crippen LogP contribution in [0.4, 0.5) is 5.69 Å². The van der Waals surface area contributed by atoms with Gasteiger partial charge >= 0.3 is 0 Å². The first-order valence-corrected chi connectivity index (χ1v) is 8.42. The van der Waals surface area contributed by atoms with Gasteiger partial charge in [-0.15, -0.1) is 0 Å².